The number of carbonyl (C=O) groups excluding carboxylic acids is 1. The van der Waals surface area contributed by atoms with Crippen molar-refractivity contribution in [1.82, 2.24) is 0 Å². The van der Waals surface area contributed by atoms with Crippen LogP contribution in [0, 0.1) is 5.82 Å². The highest BCUT2D eigenvalue weighted by Gasteiger charge is 2.11. The molecule has 0 aromatic heterocycles. The van der Waals surface area contributed by atoms with Gasteiger partial charge in [-0.1, -0.05) is 35.4 Å². The molecule has 0 aliphatic heterocycles. The zero-order valence-corrected chi connectivity index (χ0v) is 13.6. The van der Waals surface area contributed by atoms with Gasteiger partial charge in [-0.05, 0) is 36.2 Å². The molecule has 0 bridgehead atoms. The Labute approximate surface area is 144 Å². The van der Waals surface area contributed by atoms with Gasteiger partial charge in [-0.2, -0.15) is 0 Å². The summed E-state index contributed by atoms with van der Waals surface area (Å²) in [4.78, 5) is 14.4. The maximum Gasteiger partial charge on any atom is 0.340 e. The first-order valence-corrected chi connectivity index (χ1v) is 7.54. The fourth-order valence-corrected chi connectivity index (χ4v) is 2.02. The number of hydrogen-bond acceptors (Lipinski definition) is 4. The van der Waals surface area contributed by atoms with Crippen molar-refractivity contribution in [2.75, 3.05) is 6.61 Å². The van der Waals surface area contributed by atoms with Crippen LogP contribution >= 0.6 is 0 Å². The van der Waals surface area contributed by atoms with Crippen LogP contribution in [-0.4, -0.2) is 12.6 Å². The van der Waals surface area contributed by atoms with E-state index in [-0.39, 0.29) is 24.7 Å². The number of carbonyl (C=O) groups is 1. The van der Waals surface area contributed by atoms with Gasteiger partial charge in [-0.15, -0.1) is 0 Å². The lowest BCUT2D eigenvalue weighted by Crippen LogP contribution is -2.06. The van der Waals surface area contributed by atoms with E-state index in [1.807, 2.05) is 30.3 Å². The number of hydrogen-bond donors (Lipinski definition) is 0. The molecule has 0 aliphatic rings. The Balaban J connectivity index is 2.31. The van der Waals surface area contributed by atoms with Crippen LogP contribution < -0.4 is 4.74 Å². The molecule has 0 unspecified atom stereocenters. The molecule has 6 nitrogen and oxygen atoms in total. The van der Waals surface area contributed by atoms with Gasteiger partial charge in [0.25, 0.3) is 0 Å². The van der Waals surface area contributed by atoms with E-state index in [9.17, 15) is 9.18 Å². The fourth-order valence-electron chi connectivity index (χ4n) is 2.02. The van der Waals surface area contributed by atoms with Gasteiger partial charge in [0, 0.05) is 16.5 Å². The number of azide groups is 1. The number of rotatable bonds is 7. The number of nitrogens with zero attached hydrogens (tertiary/aromatic N) is 3. The predicted molar refractivity (Wildman–Crippen MR) is 90.9 cm³/mol. The van der Waals surface area contributed by atoms with Gasteiger partial charge in [-0.25, -0.2) is 9.18 Å². The van der Waals surface area contributed by atoms with Gasteiger partial charge < -0.3 is 9.47 Å². The van der Waals surface area contributed by atoms with Crippen molar-refractivity contribution in [1.29, 1.82) is 0 Å². The Morgan fingerprint density at radius 1 is 1.28 bits per heavy atom. The molecular weight excluding hydrogens is 325 g/mol. The number of halogens is 1. The maximum absolute atomic E-state index is 13.6. The summed E-state index contributed by atoms with van der Waals surface area (Å²) < 4.78 is 24.0. The van der Waals surface area contributed by atoms with Crippen LogP contribution in [0.1, 0.15) is 18.1 Å². The molecule has 7 heteroatoms. The quantitative estimate of drug-likeness (QED) is 0.242. The summed E-state index contributed by atoms with van der Waals surface area (Å²) in [5.41, 5.74) is 9.68. The van der Waals surface area contributed by atoms with Gasteiger partial charge in [0.2, 0.25) is 0 Å². The lowest BCUT2D eigenvalue weighted by Gasteiger charge is -2.10. The molecule has 2 aromatic rings. The second kappa shape index (κ2) is 9.10. The van der Waals surface area contributed by atoms with Crippen LogP contribution in [0.2, 0.25) is 0 Å². The zero-order valence-electron chi connectivity index (χ0n) is 13.6. The minimum Gasteiger partial charge on any atom is -0.488 e. The van der Waals surface area contributed by atoms with E-state index in [4.69, 9.17) is 15.0 Å². The molecule has 0 heterocycles. The van der Waals surface area contributed by atoms with Crippen LogP contribution in [-0.2, 0) is 16.1 Å². The minimum atomic E-state index is -0.765. The lowest BCUT2D eigenvalue weighted by atomic mass is 10.1. The molecule has 2 rings (SSSR count). The first kappa shape index (κ1) is 18.0. The normalized spacial score (nSPS) is 10.7. The minimum absolute atomic E-state index is 0.137. The summed E-state index contributed by atoms with van der Waals surface area (Å²) in [6, 6.07) is 13.2. The molecule has 2 aromatic carbocycles. The molecule has 0 atom stereocenters. The second-order valence-electron chi connectivity index (χ2n) is 4.90. The van der Waals surface area contributed by atoms with Gasteiger partial charge in [-0.3, -0.25) is 0 Å². The van der Waals surface area contributed by atoms with Crippen LogP contribution in [0.25, 0.3) is 16.5 Å². The van der Waals surface area contributed by atoms with Crippen LogP contribution in [0.3, 0.4) is 0 Å². The molecule has 0 amide bonds. The highest BCUT2D eigenvalue weighted by atomic mass is 19.1. The third-order valence-electron chi connectivity index (χ3n) is 3.14. The molecule has 25 heavy (non-hydrogen) atoms. The summed E-state index contributed by atoms with van der Waals surface area (Å²) in [7, 11) is 0. The molecular formula is C18H16FN3O3. The highest BCUT2D eigenvalue weighted by molar-refractivity contribution is 5.93. The largest absolute Gasteiger partial charge is 0.488 e. The maximum atomic E-state index is 13.6. The van der Waals surface area contributed by atoms with Crippen LogP contribution in [0.5, 0.6) is 5.75 Å². The number of benzene rings is 2. The number of esters is 1. The van der Waals surface area contributed by atoms with Crippen molar-refractivity contribution < 1.29 is 18.7 Å². The summed E-state index contributed by atoms with van der Waals surface area (Å²) in [5.74, 6) is -1.03. The van der Waals surface area contributed by atoms with Gasteiger partial charge in [0.15, 0.2) is 0 Å². The topological polar surface area (TPSA) is 84.3 Å². The van der Waals surface area contributed by atoms with E-state index in [0.717, 1.165) is 5.56 Å². The van der Waals surface area contributed by atoms with Crippen LogP contribution in [0.4, 0.5) is 4.39 Å². The van der Waals surface area contributed by atoms with E-state index in [0.29, 0.717) is 5.56 Å². The average molecular weight is 341 g/mol. The van der Waals surface area contributed by atoms with E-state index >= 15 is 0 Å². The van der Waals surface area contributed by atoms with Crippen molar-refractivity contribution in [2.45, 2.75) is 13.5 Å². The van der Waals surface area contributed by atoms with Crippen molar-refractivity contribution in [2.24, 2.45) is 5.11 Å². The van der Waals surface area contributed by atoms with Crippen LogP contribution in [0.15, 0.2) is 59.3 Å². The molecule has 0 saturated carbocycles. The summed E-state index contributed by atoms with van der Waals surface area (Å²) >= 11 is 0. The van der Waals surface area contributed by atoms with Gasteiger partial charge in [0.1, 0.15) is 23.9 Å². The first-order valence-electron chi connectivity index (χ1n) is 7.54. The molecule has 0 fully saturated rings. The lowest BCUT2D eigenvalue weighted by molar-refractivity contribution is -0.138. The first-order chi connectivity index (χ1) is 12.1. The van der Waals surface area contributed by atoms with E-state index in [2.05, 4.69) is 10.0 Å². The molecule has 0 spiro atoms. The second-order valence-corrected chi connectivity index (χ2v) is 4.90. The summed E-state index contributed by atoms with van der Waals surface area (Å²) in [5, 5.41) is 3.34. The van der Waals surface area contributed by atoms with Crippen molar-refractivity contribution in [3.63, 3.8) is 0 Å². The predicted octanol–water partition coefficient (Wildman–Crippen LogP) is 4.62. The Morgan fingerprint density at radius 3 is 2.72 bits per heavy atom. The van der Waals surface area contributed by atoms with Crippen molar-refractivity contribution in [3.8, 4) is 5.75 Å². The molecule has 0 aliphatic carbocycles. The van der Waals surface area contributed by atoms with Gasteiger partial charge in [0.05, 0.1) is 6.61 Å². The van der Waals surface area contributed by atoms with E-state index in [1.54, 1.807) is 6.92 Å². The Bertz CT molecular complexity index is 816. The SMILES string of the molecule is CCOC(=O)/C(=C/c1ccc(F)cc1OCc1ccccc1)N=[N+]=[N-]. The highest BCUT2D eigenvalue weighted by Crippen LogP contribution is 2.24. The summed E-state index contributed by atoms with van der Waals surface area (Å²) in [6.45, 7) is 2.00. The fraction of sp³-hybridized carbons (Fsp3) is 0.167. The van der Waals surface area contributed by atoms with E-state index < -0.39 is 11.8 Å². The number of ether oxygens (including phenoxy) is 2. The zero-order chi connectivity index (χ0) is 18.1. The standard InChI is InChI=1S/C18H16FN3O3/c1-2-24-18(23)16(21-22-20)10-14-8-9-15(19)11-17(14)25-12-13-6-4-3-5-7-13/h3-11H,2,12H2,1H3/b16-10-. The molecule has 128 valence electrons. The third-order valence-corrected chi connectivity index (χ3v) is 3.14. The molecule has 0 N–H and O–H groups in total. The monoisotopic (exact) mass is 341 g/mol. The average Bonchev–Trinajstić information content (AvgIpc) is 2.62. The van der Waals surface area contributed by atoms with E-state index in [1.165, 1.54) is 24.3 Å². The Morgan fingerprint density at radius 2 is 2.04 bits per heavy atom. The van der Waals surface area contributed by atoms with Crippen molar-refractivity contribution >= 4 is 12.0 Å². The molecule has 0 saturated heterocycles. The Kier molecular flexibility index (Phi) is 6.56. The van der Waals surface area contributed by atoms with Crippen molar-refractivity contribution in [3.05, 3.63) is 81.6 Å². The molecule has 0 radical (unpaired) electrons. The third kappa shape index (κ3) is 5.37. The summed E-state index contributed by atoms with van der Waals surface area (Å²) in [6.07, 6.45) is 1.30. The van der Waals surface area contributed by atoms with Gasteiger partial charge >= 0.3 is 5.97 Å². The smallest absolute Gasteiger partial charge is 0.340 e. The Hall–Kier alpha value is -3.31.